The van der Waals surface area contributed by atoms with Crippen LogP contribution in [0.1, 0.15) is 0 Å². The zero-order valence-corrected chi connectivity index (χ0v) is 7.68. The van der Waals surface area contributed by atoms with Crippen LogP contribution >= 0.6 is 0 Å². The highest BCUT2D eigenvalue weighted by atomic mass is 32.2. The molecule has 0 aliphatic carbocycles. The molecule has 0 bridgehead atoms. The van der Waals surface area contributed by atoms with Gasteiger partial charge in [0.25, 0.3) is 0 Å². The number of hydrogen-bond donors (Lipinski definition) is 1. The summed E-state index contributed by atoms with van der Waals surface area (Å²) >= 11 is -2.07. The first kappa shape index (κ1) is 10.7. The molecule has 0 amide bonds. The highest BCUT2D eigenvalue weighted by Gasteiger charge is 2.20. The third-order valence-electron chi connectivity index (χ3n) is 1.58. The van der Waals surface area contributed by atoms with Gasteiger partial charge in [0, 0.05) is 0 Å². The van der Waals surface area contributed by atoms with E-state index in [0.29, 0.717) is 5.46 Å². The van der Waals surface area contributed by atoms with Crippen molar-refractivity contribution in [3.8, 4) is 0 Å². The first-order valence-electron chi connectivity index (χ1n) is 3.54. The third kappa shape index (κ3) is 2.30. The Kier molecular flexibility index (Phi) is 3.60. The molecule has 0 fully saturated rings. The van der Waals surface area contributed by atoms with Gasteiger partial charge in [-0.15, -0.1) is 0 Å². The summed E-state index contributed by atoms with van der Waals surface area (Å²) in [5, 5.41) is 4.97. The summed E-state index contributed by atoms with van der Waals surface area (Å²) in [5.74, 6) is 0. The number of nitrogens with zero attached hydrogens (tertiary/aromatic N) is 2. The second-order valence-electron chi connectivity index (χ2n) is 2.40. The maximum atomic E-state index is 10.6. The SMILES string of the molecule is O=NB(N=O)c1ccc(S(=O)O)cc1. The quantitative estimate of drug-likeness (QED) is 0.446. The molecule has 0 aliphatic heterocycles. The number of rotatable bonds is 4. The molecule has 0 spiro atoms. The predicted octanol–water partition coefficient (Wildman–Crippen LogP) is 0.495. The van der Waals surface area contributed by atoms with E-state index in [2.05, 4.69) is 10.2 Å². The molecule has 0 aliphatic rings. The van der Waals surface area contributed by atoms with E-state index in [1.54, 1.807) is 0 Å². The van der Waals surface area contributed by atoms with Gasteiger partial charge in [-0.1, -0.05) is 22.3 Å². The molecule has 6 nitrogen and oxygen atoms in total. The Balaban J connectivity index is 2.98. The van der Waals surface area contributed by atoms with E-state index in [1.165, 1.54) is 24.3 Å². The monoisotopic (exact) mass is 212 g/mol. The maximum Gasteiger partial charge on any atom is 0.548 e. The highest BCUT2D eigenvalue weighted by Crippen LogP contribution is 2.02. The second kappa shape index (κ2) is 4.73. The summed E-state index contributed by atoms with van der Waals surface area (Å²) in [6, 6.07) is 5.37. The lowest BCUT2D eigenvalue weighted by molar-refractivity contribution is 0.564. The van der Waals surface area contributed by atoms with E-state index in [4.69, 9.17) is 4.55 Å². The van der Waals surface area contributed by atoms with Gasteiger partial charge in [-0.25, -0.2) is 4.21 Å². The summed E-state index contributed by atoms with van der Waals surface area (Å²) in [4.78, 5) is 20.4. The summed E-state index contributed by atoms with van der Waals surface area (Å²) in [7, 11) is 0. The van der Waals surface area contributed by atoms with Crippen molar-refractivity contribution in [2.75, 3.05) is 0 Å². The normalized spacial score (nSPS) is 11.8. The van der Waals surface area contributed by atoms with Crippen LogP contribution in [0.2, 0.25) is 0 Å². The molecule has 1 aromatic rings. The summed E-state index contributed by atoms with van der Waals surface area (Å²) in [6.45, 7) is -1.30. The van der Waals surface area contributed by atoms with Gasteiger partial charge in [0.2, 0.25) is 0 Å². The Morgan fingerprint density at radius 1 is 1.14 bits per heavy atom. The van der Waals surface area contributed by atoms with Crippen LogP contribution in [0.5, 0.6) is 0 Å². The Hall–Kier alpha value is -1.41. The Bertz CT molecular complexity index is 361. The molecule has 0 aromatic heterocycles. The maximum absolute atomic E-state index is 10.6. The first-order valence-corrected chi connectivity index (χ1v) is 4.65. The smallest absolute Gasteiger partial charge is 0.302 e. The molecule has 1 N–H and O–H groups in total. The van der Waals surface area contributed by atoms with Crippen LogP contribution in [0.15, 0.2) is 39.3 Å². The molecule has 1 unspecified atom stereocenters. The Morgan fingerprint density at radius 2 is 1.64 bits per heavy atom. The highest BCUT2D eigenvalue weighted by molar-refractivity contribution is 7.79. The minimum absolute atomic E-state index is 0.185. The van der Waals surface area contributed by atoms with Crippen LogP contribution in [-0.4, -0.2) is 15.7 Å². The van der Waals surface area contributed by atoms with Crippen LogP contribution in [0.3, 0.4) is 0 Å². The lowest BCUT2D eigenvalue weighted by Crippen LogP contribution is -2.25. The molecule has 1 rings (SSSR count). The number of nitroso groups, excluding NO2 is 2. The fraction of sp³-hybridized carbons (Fsp3) is 0. The average Bonchev–Trinajstić information content (AvgIpc) is 2.20. The van der Waals surface area contributed by atoms with Crippen LogP contribution < -0.4 is 5.46 Å². The molecular weight excluding hydrogens is 207 g/mol. The second-order valence-corrected chi connectivity index (χ2v) is 3.37. The minimum Gasteiger partial charge on any atom is -0.302 e. The molecule has 1 aromatic carbocycles. The van der Waals surface area contributed by atoms with Gasteiger partial charge >= 0.3 is 6.98 Å². The average molecular weight is 212 g/mol. The van der Waals surface area contributed by atoms with Gasteiger partial charge < -0.3 is 4.55 Å². The summed E-state index contributed by atoms with van der Waals surface area (Å²) in [6.07, 6.45) is 0. The fourth-order valence-electron chi connectivity index (χ4n) is 0.897. The number of hydrogen-bond acceptors (Lipinski definition) is 5. The summed E-state index contributed by atoms with van der Waals surface area (Å²) in [5.41, 5.74) is 0.296. The van der Waals surface area contributed by atoms with Crippen LogP contribution in [0, 0.1) is 9.81 Å². The molecular formula is C6H5BN2O4S. The lowest BCUT2D eigenvalue weighted by atomic mass is 9.71. The molecule has 14 heavy (non-hydrogen) atoms. The molecule has 0 saturated heterocycles. The molecule has 0 heterocycles. The van der Waals surface area contributed by atoms with E-state index in [0.717, 1.165) is 0 Å². The van der Waals surface area contributed by atoms with Crippen molar-refractivity contribution in [2.45, 2.75) is 4.90 Å². The van der Waals surface area contributed by atoms with Crippen LogP contribution in [-0.2, 0) is 11.1 Å². The van der Waals surface area contributed by atoms with E-state index in [-0.39, 0.29) is 4.90 Å². The Labute approximate surface area is 82.1 Å². The van der Waals surface area contributed by atoms with E-state index >= 15 is 0 Å². The van der Waals surface area contributed by atoms with Crippen molar-refractivity contribution in [1.82, 2.24) is 0 Å². The molecule has 72 valence electrons. The zero-order chi connectivity index (χ0) is 10.6. The topological polar surface area (TPSA) is 96.2 Å². The van der Waals surface area contributed by atoms with Gasteiger partial charge in [0.15, 0.2) is 11.1 Å². The van der Waals surface area contributed by atoms with Crippen molar-refractivity contribution in [1.29, 1.82) is 0 Å². The summed E-state index contributed by atoms with van der Waals surface area (Å²) < 4.78 is 19.2. The standard InChI is InChI=1S/C6H5BN2O4S/c10-8-7(9-11)5-1-3-6(4-2-5)14(12)13/h1-4H,(H,12,13). The van der Waals surface area contributed by atoms with Gasteiger partial charge in [0.1, 0.15) is 0 Å². The van der Waals surface area contributed by atoms with E-state index in [1.807, 2.05) is 0 Å². The fourth-order valence-corrected chi connectivity index (χ4v) is 1.27. The minimum atomic E-state index is -2.07. The molecule has 1 atom stereocenters. The van der Waals surface area contributed by atoms with Gasteiger partial charge in [-0.05, 0) is 17.6 Å². The van der Waals surface area contributed by atoms with Crippen molar-refractivity contribution in [3.63, 3.8) is 0 Å². The number of benzene rings is 1. The third-order valence-corrected chi connectivity index (χ3v) is 2.26. The Morgan fingerprint density at radius 3 is 2.00 bits per heavy atom. The lowest BCUT2D eigenvalue weighted by Gasteiger charge is -1.97. The largest absolute Gasteiger partial charge is 0.548 e. The van der Waals surface area contributed by atoms with E-state index < -0.39 is 18.1 Å². The van der Waals surface area contributed by atoms with Crippen LogP contribution in [0.25, 0.3) is 0 Å². The van der Waals surface area contributed by atoms with E-state index in [9.17, 15) is 14.0 Å². The zero-order valence-electron chi connectivity index (χ0n) is 6.86. The van der Waals surface area contributed by atoms with Crippen molar-refractivity contribution >= 4 is 23.5 Å². The van der Waals surface area contributed by atoms with Crippen LogP contribution in [0.4, 0.5) is 0 Å². The molecule has 8 heteroatoms. The first-order chi connectivity index (χ1) is 6.69. The van der Waals surface area contributed by atoms with Crippen molar-refractivity contribution < 1.29 is 8.76 Å². The van der Waals surface area contributed by atoms with Crippen molar-refractivity contribution in [2.24, 2.45) is 10.2 Å². The van der Waals surface area contributed by atoms with Crippen molar-refractivity contribution in [3.05, 3.63) is 34.1 Å². The predicted molar refractivity (Wildman–Crippen MR) is 52.5 cm³/mol. The molecule has 0 saturated carbocycles. The van der Waals surface area contributed by atoms with Gasteiger partial charge in [-0.2, -0.15) is 9.81 Å². The molecule has 0 radical (unpaired) electrons. The van der Waals surface area contributed by atoms with Gasteiger partial charge in [0.05, 0.1) is 4.90 Å². The van der Waals surface area contributed by atoms with Gasteiger partial charge in [-0.3, -0.25) is 0 Å².